The number of thiazole rings is 1. The van der Waals surface area contributed by atoms with E-state index in [0.29, 0.717) is 5.92 Å². The Morgan fingerprint density at radius 1 is 1.25 bits per heavy atom. The van der Waals surface area contributed by atoms with Gasteiger partial charge in [-0.1, -0.05) is 44.2 Å². The van der Waals surface area contributed by atoms with Crippen molar-refractivity contribution >= 4 is 24.0 Å². The minimum atomic E-state index is 0.468. The largest absolute Gasteiger partial charge is 0.241 e. The van der Waals surface area contributed by atoms with Crippen LogP contribution >= 0.6 is 24.0 Å². The summed E-state index contributed by atoms with van der Waals surface area (Å²) in [6, 6.07) is 10.3. The third kappa shape index (κ3) is 2.30. The Labute approximate surface area is 106 Å². The van der Waals surface area contributed by atoms with Crippen LogP contribution < -0.4 is 0 Å². The van der Waals surface area contributed by atoms with E-state index in [4.69, 9.17) is 4.98 Å². The molecule has 0 aliphatic rings. The first-order valence-corrected chi connectivity index (χ1v) is 6.83. The third-order valence-corrected chi connectivity index (χ3v) is 4.09. The van der Waals surface area contributed by atoms with E-state index in [-0.39, 0.29) is 0 Å². The second-order valence-corrected chi connectivity index (χ2v) is 5.41. The van der Waals surface area contributed by atoms with Crippen molar-refractivity contribution in [1.29, 1.82) is 0 Å². The van der Waals surface area contributed by atoms with Crippen LogP contribution in [-0.4, -0.2) is 4.98 Å². The van der Waals surface area contributed by atoms with Crippen molar-refractivity contribution in [3.63, 3.8) is 0 Å². The first-order chi connectivity index (χ1) is 7.72. The molecule has 3 heteroatoms. The average Bonchev–Trinajstić information content (AvgIpc) is 2.74. The number of hydrogen-bond donors (Lipinski definition) is 1. The summed E-state index contributed by atoms with van der Waals surface area (Å²) in [5.41, 5.74) is 2.39. The lowest BCUT2D eigenvalue weighted by Gasteiger charge is -2.01. The Morgan fingerprint density at radius 3 is 2.44 bits per heavy atom. The molecule has 2 aromatic rings. The average molecular weight is 249 g/mol. The standard InChI is InChI=1S/C13H15NS2/c1-9(2)12-11(8-15)16-13(14-12)10-6-4-3-5-7-10/h3-7,9,15H,8H2,1-2H3. The minimum absolute atomic E-state index is 0.468. The predicted molar refractivity (Wildman–Crippen MR) is 74.3 cm³/mol. The highest BCUT2D eigenvalue weighted by Gasteiger charge is 2.13. The van der Waals surface area contributed by atoms with Crippen LogP contribution in [0.2, 0.25) is 0 Å². The van der Waals surface area contributed by atoms with Gasteiger partial charge in [-0.15, -0.1) is 11.3 Å². The van der Waals surface area contributed by atoms with E-state index < -0.39 is 0 Å². The fourth-order valence-electron chi connectivity index (χ4n) is 1.63. The van der Waals surface area contributed by atoms with Gasteiger partial charge in [0.2, 0.25) is 0 Å². The molecule has 0 unspecified atom stereocenters. The van der Waals surface area contributed by atoms with Crippen LogP contribution in [0.4, 0.5) is 0 Å². The molecule has 0 spiro atoms. The Kier molecular flexibility index (Phi) is 3.66. The number of aromatic nitrogens is 1. The second-order valence-electron chi connectivity index (χ2n) is 4.01. The maximum Gasteiger partial charge on any atom is 0.123 e. The van der Waals surface area contributed by atoms with E-state index in [1.807, 2.05) is 18.2 Å². The van der Waals surface area contributed by atoms with E-state index >= 15 is 0 Å². The van der Waals surface area contributed by atoms with Crippen LogP contribution in [0, 0.1) is 0 Å². The highest BCUT2D eigenvalue weighted by atomic mass is 32.1. The number of benzene rings is 1. The molecule has 0 atom stereocenters. The summed E-state index contributed by atoms with van der Waals surface area (Å²) < 4.78 is 0. The first-order valence-electron chi connectivity index (χ1n) is 5.38. The molecule has 1 aromatic carbocycles. The summed E-state index contributed by atoms with van der Waals surface area (Å²) in [4.78, 5) is 6.01. The molecule has 0 bridgehead atoms. The predicted octanol–water partition coefficient (Wildman–Crippen LogP) is 4.36. The molecule has 0 amide bonds. The fourth-order valence-corrected chi connectivity index (χ4v) is 3.07. The molecule has 0 radical (unpaired) electrons. The van der Waals surface area contributed by atoms with E-state index in [2.05, 4.69) is 38.6 Å². The molecule has 2 rings (SSSR count). The molecule has 0 saturated carbocycles. The highest BCUT2D eigenvalue weighted by Crippen LogP contribution is 2.32. The SMILES string of the molecule is CC(C)c1nc(-c2ccccc2)sc1CS. The van der Waals surface area contributed by atoms with Crippen molar-refractivity contribution in [1.82, 2.24) is 4.98 Å². The smallest absolute Gasteiger partial charge is 0.123 e. The van der Waals surface area contributed by atoms with Gasteiger partial charge in [-0.3, -0.25) is 0 Å². The molecule has 1 aromatic heterocycles. The van der Waals surface area contributed by atoms with Gasteiger partial charge in [-0.2, -0.15) is 12.6 Å². The summed E-state index contributed by atoms with van der Waals surface area (Å²) in [6.45, 7) is 4.35. The van der Waals surface area contributed by atoms with Crippen LogP contribution in [0.25, 0.3) is 10.6 Å². The number of nitrogens with zero attached hydrogens (tertiary/aromatic N) is 1. The van der Waals surface area contributed by atoms with Gasteiger partial charge < -0.3 is 0 Å². The molecule has 0 aliphatic carbocycles. The monoisotopic (exact) mass is 249 g/mol. The molecule has 84 valence electrons. The van der Waals surface area contributed by atoms with Gasteiger partial charge in [0.05, 0.1) is 5.69 Å². The number of rotatable bonds is 3. The van der Waals surface area contributed by atoms with Crippen molar-refractivity contribution in [2.75, 3.05) is 0 Å². The molecular weight excluding hydrogens is 234 g/mol. The Hall–Kier alpha value is -0.800. The number of thiol groups is 1. The van der Waals surface area contributed by atoms with E-state index in [0.717, 1.165) is 10.8 Å². The Bertz CT molecular complexity index is 460. The topological polar surface area (TPSA) is 12.9 Å². The summed E-state index contributed by atoms with van der Waals surface area (Å²) in [5.74, 6) is 1.24. The lowest BCUT2D eigenvalue weighted by atomic mass is 10.1. The van der Waals surface area contributed by atoms with Crippen LogP contribution in [0.5, 0.6) is 0 Å². The molecular formula is C13H15NS2. The van der Waals surface area contributed by atoms with Gasteiger partial charge in [-0.25, -0.2) is 4.98 Å². The van der Waals surface area contributed by atoms with E-state index in [1.54, 1.807) is 11.3 Å². The normalized spacial score (nSPS) is 11.0. The van der Waals surface area contributed by atoms with Crippen LogP contribution in [0.15, 0.2) is 30.3 Å². The van der Waals surface area contributed by atoms with Gasteiger partial charge >= 0.3 is 0 Å². The van der Waals surface area contributed by atoms with Crippen molar-refractivity contribution in [2.45, 2.75) is 25.5 Å². The quantitative estimate of drug-likeness (QED) is 0.797. The van der Waals surface area contributed by atoms with Crippen molar-refractivity contribution < 1.29 is 0 Å². The van der Waals surface area contributed by atoms with Gasteiger partial charge in [0.1, 0.15) is 5.01 Å². The van der Waals surface area contributed by atoms with Crippen LogP contribution in [0.1, 0.15) is 30.3 Å². The van der Waals surface area contributed by atoms with Gasteiger partial charge in [-0.05, 0) is 5.92 Å². The zero-order valence-corrected chi connectivity index (χ0v) is 11.2. The lowest BCUT2D eigenvalue weighted by molar-refractivity contribution is 0.825. The van der Waals surface area contributed by atoms with Gasteiger partial charge in [0, 0.05) is 16.2 Å². The lowest BCUT2D eigenvalue weighted by Crippen LogP contribution is -1.91. The van der Waals surface area contributed by atoms with Gasteiger partial charge in [0.25, 0.3) is 0 Å². The van der Waals surface area contributed by atoms with Crippen molar-refractivity contribution in [2.24, 2.45) is 0 Å². The third-order valence-electron chi connectivity index (χ3n) is 2.44. The van der Waals surface area contributed by atoms with E-state index in [9.17, 15) is 0 Å². The second kappa shape index (κ2) is 5.02. The Morgan fingerprint density at radius 2 is 1.94 bits per heavy atom. The molecule has 0 saturated heterocycles. The van der Waals surface area contributed by atoms with Crippen LogP contribution in [0.3, 0.4) is 0 Å². The highest BCUT2D eigenvalue weighted by molar-refractivity contribution is 7.79. The van der Waals surface area contributed by atoms with Crippen LogP contribution in [-0.2, 0) is 5.75 Å². The summed E-state index contributed by atoms with van der Waals surface area (Å²) >= 11 is 6.12. The van der Waals surface area contributed by atoms with Crippen molar-refractivity contribution in [3.8, 4) is 10.6 Å². The summed E-state index contributed by atoms with van der Waals surface area (Å²) in [5, 5.41) is 1.10. The summed E-state index contributed by atoms with van der Waals surface area (Å²) in [6.07, 6.45) is 0. The van der Waals surface area contributed by atoms with Gasteiger partial charge in [0.15, 0.2) is 0 Å². The maximum absolute atomic E-state index is 4.72. The maximum atomic E-state index is 4.72. The summed E-state index contributed by atoms with van der Waals surface area (Å²) in [7, 11) is 0. The van der Waals surface area contributed by atoms with Crippen molar-refractivity contribution in [3.05, 3.63) is 40.9 Å². The minimum Gasteiger partial charge on any atom is -0.241 e. The molecule has 1 heterocycles. The number of hydrogen-bond acceptors (Lipinski definition) is 3. The molecule has 0 fully saturated rings. The first kappa shape index (κ1) is 11.7. The Balaban J connectivity index is 2.44. The zero-order valence-electron chi connectivity index (χ0n) is 9.47. The zero-order chi connectivity index (χ0) is 11.5. The van der Waals surface area contributed by atoms with E-state index in [1.165, 1.54) is 16.1 Å². The molecule has 0 aliphatic heterocycles. The fraction of sp³-hybridized carbons (Fsp3) is 0.308. The molecule has 0 N–H and O–H groups in total. The molecule has 16 heavy (non-hydrogen) atoms. The molecule has 1 nitrogen and oxygen atoms in total.